The average Bonchev–Trinajstić information content (AvgIpc) is 3.28. The van der Waals surface area contributed by atoms with E-state index in [1.54, 1.807) is 17.4 Å². The van der Waals surface area contributed by atoms with Gasteiger partial charge in [-0.15, -0.1) is 11.3 Å². The number of carbonyl (C=O) groups is 1. The van der Waals surface area contributed by atoms with Crippen LogP contribution in [-0.2, 0) is 6.42 Å². The number of aromatic nitrogens is 1. The number of hydrogen-bond acceptors (Lipinski definition) is 4. The minimum absolute atomic E-state index is 0.204. The van der Waals surface area contributed by atoms with Crippen molar-refractivity contribution in [2.75, 3.05) is 0 Å². The van der Waals surface area contributed by atoms with E-state index in [-0.39, 0.29) is 11.7 Å². The normalized spacial score (nSPS) is 12.2. The van der Waals surface area contributed by atoms with E-state index in [9.17, 15) is 9.90 Å². The maximum atomic E-state index is 12.4. The quantitative estimate of drug-likeness (QED) is 0.289. The fourth-order valence-corrected chi connectivity index (χ4v) is 5.17. The predicted molar refractivity (Wildman–Crippen MR) is 134 cm³/mol. The number of hydrogen-bond donors (Lipinski definition) is 1. The summed E-state index contributed by atoms with van der Waals surface area (Å²) in [6, 6.07) is 23.6. The highest BCUT2D eigenvalue weighted by Crippen LogP contribution is 2.39. The standard InChI is InChI=1S/C28H23NO3S/c1-3-18-13-14-24(32-17(2)19-9-5-4-6-10-19)26-21(28(30)31)15-23(29-27(18)26)22-16-33-25-12-8-7-11-20(22)25/h4-17H,3H2,1-2H3,(H,30,31)/t17-/m1/s1. The summed E-state index contributed by atoms with van der Waals surface area (Å²) in [7, 11) is 0. The highest BCUT2D eigenvalue weighted by atomic mass is 32.1. The predicted octanol–water partition coefficient (Wildman–Crippen LogP) is 7.52. The van der Waals surface area contributed by atoms with Gasteiger partial charge < -0.3 is 9.84 Å². The topological polar surface area (TPSA) is 59.4 Å². The van der Waals surface area contributed by atoms with Crippen LogP contribution in [0.5, 0.6) is 5.75 Å². The van der Waals surface area contributed by atoms with Gasteiger partial charge in [-0.1, -0.05) is 61.5 Å². The molecule has 0 unspecified atom stereocenters. The lowest BCUT2D eigenvalue weighted by Crippen LogP contribution is -2.07. The molecule has 0 saturated heterocycles. The van der Waals surface area contributed by atoms with Gasteiger partial charge in [0.2, 0.25) is 0 Å². The van der Waals surface area contributed by atoms with Crippen molar-refractivity contribution in [1.29, 1.82) is 0 Å². The second-order valence-corrected chi connectivity index (χ2v) is 8.89. The van der Waals surface area contributed by atoms with Crippen LogP contribution in [0.3, 0.4) is 0 Å². The summed E-state index contributed by atoms with van der Waals surface area (Å²) in [5.74, 6) is -0.459. The van der Waals surface area contributed by atoms with Crippen LogP contribution >= 0.6 is 11.3 Å². The van der Waals surface area contributed by atoms with E-state index < -0.39 is 5.97 Å². The Morgan fingerprint density at radius 2 is 1.82 bits per heavy atom. The van der Waals surface area contributed by atoms with Crippen molar-refractivity contribution in [1.82, 2.24) is 4.98 Å². The zero-order chi connectivity index (χ0) is 22.9. The van der Waals surface area contributed by atoms with Crippen molar-refractivity contribution >= 4 is 38.3 Å². The van der Waals surface area contributed by atoms with Crippen LogP contribution < -0.4 is 4.74 Å². The molecule has 5 heteroatoms. The van der Waals surface area contributed by atoms with Gasteiger partial charge in [-0.25, -0.2) is 9.78 Å². The Hall–Kier alpha value is -3.70. The minimum Gasteiger partial charge on any atom is -0.485 e. The zero-order valence-corrected chi connectivity index (χ0v) is 19.2. The molecule has 1 atom stereocenters. The summed E-state index contributed by atoms with van der Waals surface area (Å²) < 4.78 is 7.45. The Balaban J connectivity index is 1.72. The number of benzene rings is 3. The Kier molecular flexibility index (Phi) is 5.56. The third-order valence-corrected chi connectivity index (χ3v) is 6.91. The first-order valence-corrected chi connectivity index (χ1v) is 11.8. The number of nitrogens with zero attached hydrogens (tertiary/aromatic N) is 1. The summed E-state index contributed by atoms with van der Waals surface area (Å²) in [5, 5.41) is 13.9. The third kappa shape index (κ3) is 3.85. The highest BCUT2D eigenvalue weighted by molar-refractivity contribution is 7.17. The SMILES string of the molecule is CCc1ccc(O[C@H](C)c2ccccc2)c2c(C(=O)O)cc(-c3csc4ccccc34)nc12. The molecule has 164 valence electrons. The molecule has 4 nitrogen and oxygen atoms in total. The molecule has 5 aromatic rings. The van der Waals surface area contributed by atoms with E-state index in [4.69, 9.17) is 9.72 Å². The molecular formula is C28H23NO3S. The molecule has 2 heterocycles. The van der Waals surface area contributed by atoms with E-state index in [0.29, 0.717) is 22.3 Å². The Morgan fingerprint density at radius 1 is 1.06 bits per heavy atom. The van der Waals surface area contributed by atoms with Crippen LogP contribution in [0.15, 0.2) is 78.2 Å². The molecule has 0 radical (unpaired) electrons. The lowest BCUT2D eigenvalue weighted by molar-refractivity contribution is 0.0698. The largest absolute Gasteiger partial charge is 0.485 e. The van der Waals surface area contributed by atoms with Crippen LogP contribution in [0.4, 0.5) is 0 Å². The maximum absolute atomic E-state index is 12.4. The van der Waals surface area contributed by atoms with E-state index in [1.165, 1.54) is 0 Å². The molecule has 0 bridgehead atoms. The molecule has 0 saturated carbocycles. The summed E-state index contributed by atoms with van der Waals surface area (Å²) in [4.78, 5) is 17.4. The molecule has 0 amide bonds. The minimum atomic E-state index is -0.992. The van der Waals surface area contributed by atoms with Gasteiger partial charge >= 0.3 is 5.97 Å². The van der Waals surface area contributed by atoms with Crippen molar-refractivity contribution in [2.45, 2.75) is 26.4 Å². The van der Waals surface area contributed by atoms with Gasteiger partial charge in [-0.2, -0.15) is 0 Å². The summed E-state index contributed by atoms with van der Waals surface area (Å²) in [6.07, 6.45) is 0.509. The van der Waals surface area contributed by atoms with Crippen LogP contribution in [0.25, 0.3) is 32.2 Å². The molecule has 1 N–H and O–H groups in total. The van der Waals surface area contributed by atoms with Gasteiger partial charge in [0.05, 0.1) is 22.2 Å². The van der Waals surface area contributed by atoms with Crippen molar-refractivity contribution < 1.29 is 14.6 Å². The molecule has 2 aromatic heterocycles. The molecule has 0 aliphatic heterocycles. The van der Waals surface area contributed by atoms with E-state index >= 15 is 0 Å². The molecule has 0 spiro atoms. The zero-order valence-electron chi connectivity index (χ0n) is 18.4. The van der Waals surface area contributed by atoms with E-state index in [0.717, 1.165) is 33.2 Å². The molecule has 3 aromatic carbocycles. The molecule has 0 aliphatic carbocycles. The van der Waals surface area contributed by atoms with Gasteiger partial charge in [-0.3, -0.25) is 0 Å². The van der Waals surface area contributed by atoms with Crippen molar-refractivity contribution in [3.63, 3.8) is 0 Å². The maximum Gasteiger partial charge on any atom is 0.336 e. The number of aryl methyl sites for hydroxylation is 1. The van der Waals surface area contributed by atoms with Crippen molar-refractivity contribution in [3.05, 3.63) is 94.9 Å². The summed E-state index contributed by atoms with van der Waals surface area (Å²) in [5.41, 5.74) is 4.52. The Labute approximate surface area is 196 Å². The molecular weight excluding hydrogens is 430 g/mol. The molecule has 5 rings (SSSR count). The lowest BCUT2D eigenvalue weighted by Gasteiger charge is -2.19. The van der Waals surface area contributed by atoms with Gasteiger partial charge in [-0.05, 0) is 42.7 Å². The molecule has 0 fully saturated rings. The number of thiophene rings is 1. The van der Waals surface area contributed by atoms with Gasteiger partial charge in [0.15, 0.2) is 0 Å². The van der Waals surface area contributed by atoms with Gasteiger partial charge in [0, 0.05) is 21.0 Å². The second kappa shape index (κ2) is 8.68. The number of rotatable bonds is 6. The summed E-state index contributed by atoms with van der Waals surface area (Å²) >= 11 is 1.64. The van der Waals surface area contributed by atoms with Crippen LogP contribution in [0, 0.1) is 0 Å². The number of aromatic carboxylic acids is 1. The number of pyridine rings is 1. The van der Waals surface area contributed by atoms with Crippen molar-refractivity contribution in [2.24, 2.45) is 0 Å². The molecule has 33 heavy (non-hydrogen) atoms. The third-order valence-electron chi connectivity index (χ3n) is 5.95. The van der Waals surface area contributed by atoms with E-state index in [1.807, 2.05) is 66.9 Å². The highest BCUT2D eigenvalue weighted by Gasteiger charge is 2.21. The number of fused-ring (bicyclic) bond motifs is 2. The Morgan fingerprint density at radius 3 is 2.58 bits per heavy atom. The monoisotopic (exact) mass is 453 g/mol. The first kappa shape index (κ1) is 21.2. The van der Waals surface area contributed by atoms with Crippen LogP contribution in [0.2, 0.25) is 0 Å². The number of carboxylic acid groups (broad SMARTS) is 1. The Bertz CT molecular complexity index is 1470. The van der Waals surface area contributed by atoms with Crippen LogP contribution in [0.1, 0.15) is 41.4 Å². The molecule has 0 aliphatic rings. The lowest BCUT2D eigenvalue weighted by atomic mass is 9.99. The van der Waals surface area contributed by atoms with E-state index in [2.05, 4.69) is 19.1 Å². The smallest absolute Gasteiger partial charge is 0.336 e. The number of ether oxygens (including phenoxy) is 1. The fraction of sp³-hybridized carbons (Fsp3) is 0.143. The first-order valence-electron chi connectivity index (χ1n) is 10.9. The van der Waals surface area contributed by atoms with Crippen molar-refractivity contribution in [3.8, 4) is 17.0 Å². The van der Waals surface area contributed by atoms with Gasteiger partial charge in [0.25, 0.3) is 0 Å². The number of carboxylic acids is 1. The second-order valence-electron chi connectivity index (χ2n) is 7.98. The van der Waals surface area contributed by atoms with Gasteiger partial charge in [0.1, 0.15) is 11.9 Å². The average molecular weight is 454 g/mol. The summed E-state index contributed by atoms with van der Waals surface area (Å²) in [6.45, 7) is 4.02. The first-order chi connectivity index (χ1) is 16.1. The van der Waals surface area contributed by atoms with Crippen LogP contribution in [-0.4, -0.2) is 16.1 Å². The fourth-order valence-electron chi connectivity index (χ4n) is 4.21.